The van der Waals surface area contributed by atoms with E-state index >= 15 is 0 Å². The van der Waals surface area contributed by atoms with Gasteiger partial charge in [0.25, 0.3) is 0 Å². The molecule has 0 spiro atoms. The highest BCUT2D eigenvalue weighted by atomic mass is 16.4. The lowest BCUT2D eigenvalue weighted by atomic mass is 10.2. The standard InChI is InChI=1S/C10H16N4O4/c1-7(3-4-11)14(2)10(18)13-5-8(15)12-6-9(16)17/h7H,3,5-6H2,1-2H3,(H,12,15)(H,13,18)(H,16,17). The number of urea groups is 1. The Hall–Kier alpha value is -2.30. The molecule has 8 nitrogen and oxygen atoms in total. The molecule has 0 aliphatic rings. The lowest BCUT2D eigenvalue weighted by Gasteiger charge is -2.23. The Morgan fingerprint density at radius 2 is 1.94 bits per heavy atom. The topological polar surface area (TPSA) is 123 Å². The van der Waals surface area contributed by atoms with E-state index in [0.29, 0.717) is 0 Å². The zero-order valence-corrected chi connectivity index (χ0v) is 10.3. The van der Waals surface area contributed by atoms with E-state index < -0.39 is 24.5 Å². The molecule has 18 heavy (non-hydrogen) atoms. The molecule has 0 saturated heterocycles. The summed E-state index contributed by atoms with van der Waals surface area (Å²) in [6, 6.07) is 1.17. The Labute approximate surface area is 105 Å². The number of carboxylic acid groups (broad SMARTS) is 1. The fourth-order valence-electron chi connectivity index (χ4n) is 0.986. The highest BCUT2D eigenvalue weighted by molar-refractivity contribution is 5.86. The summed E-state index contributed by atoms with van der Waals surface area (Å²) in [5.41, 5.74) is 0. The second-order valence-electron chi connectivity index (χ2n) is 3.65. The zero-order valence-electron chi connectivity index (χ0n) is 10.3. The van der Waals surface area contributed by atoms with Gasteiger partial charge in [-0.25, -0.2) is 4.79 Å². The first kappa shape index (κ1) is 15.7. The van der Waals surface area contributed by atoms with E-state index in [9.17, 15) is 14.4 Å². The van der Waals surface area contributed by atoms with Crippen LogP contribution in [0, 0.1) is 11.3 Å². The number of aliphatic carboxylic acids is 1. The molecule has 0 saturated carbocycles. The third-order valence-corrected chi connectivity index (χ3v) is 2.21. The van der Waals surface area contributed by atoms with Crippen molar-refractivity contribution in [2.75, 3.05) is 20.1 Å². The minimum absolute atomic E-state index is 0.190. The summed E-state index contributed by atoms with van der Waals surface area (Å²) < 4.78 is 0. The van der Waals surface area contributed by atoms with Gasteiger partial charge in [-0.05, 0) is 6.92 Å². The number of rotatable bonds is 6. The molecule has 100 valence electrons. The van der Waals surface area contributed by atoms with Crippen LogP contribution in [0.3, 0.4) is 0 Å². The maximum Gasteiger partial charge on any atom is 0.322 e. The molecule has 0 aromatic rings. The summed E-state index contributed by atoms with van der Waals surface area (Å²) >= 11 is 0. The van der Waals surface area contributed by atoms with Gasteiger partial charge < -0.3 is 20.6 Å². The molecular formula is C10H16N4O4. The van der Waals surface area contributed by atoms with Crippen LogP contribution in [-0.2, 0) is 9.59 Å². The van der Waals surface area contributed by atoms with Crippen LogP contribution in [0.1, 0.15) is 13.3 Å². The number of nitrogens with one attached hydrogen (secondary N) is 2. The number of carbonyl (C=O) groups excluding carboxylic acids is 2. The van der Waals surface area contributed by atoms with Crippen molar-refractivity contribution in [3.05, 3.63) is 0 Å². The van der Waals surface area contributed by atoms with Crippen LogP contribution in [0.15, 0.2) is 0 Å². The van der Waals surface area contributed by atoms with E-state index in [1.54, 1.807) is 6.92 Å². The molecular weight excluding hydrogens is 240 g/mol. The van der Waals surface area contributed by atoms with Crippen molar-refractivity contribution in [2.45, 2.75) is 19.4 Å². The predicted octanol–water partition coefficient (Wildman–Crippen LogP) is -0.869. The highest BCUT2D eigenvalue weighted by Gasteiger charge is 2.15. The van der Waals surface area contributed by atoms with Crippen molar-refractivity contribution in [1.29, 1.82) is 5.26 Å². The van der Waals surface area contributed by atoms with Gasteiger partial charge in [-0.15, -0.1) is 0 Å². The van der Waals surface area contributed by atoms with Crippen molar-refractivity contribution in [2.24, 2.45) is 0 Å². The predicted molar refractivity (Wildman–Crippen MR) is 61.5 cm³/mol. The Morgan fingerprint density at radius 1 is 1.33 bits per heavy atom. The third-order valence-electron chi connectivity index (χ3n) is 2.21. The average Bonchev–Trinajstić information content (AvgIpc) is 2.32. The van der Waals surface area contributed by atoms with Gasteiger partial charge in [0, 0.05) is 13.1 Å². The number of carbonyl (C=O) groups is 3. The number of amides is 3. The van der Waals surface area contributed by atoms with Gasteiger partial charge in [0.1, 0.15) is 6.54 Å². The fraction of sp³-hybridized carbons (Fsp3) is 0.600. The first-order valence-corrected chi connectivity index (χ1v) is 5.24. The van der Waals surface area contributed by atoms with Gasteiger partial charge in [0.2, 0.25) is 5.91 Å². The number of nitrogens with zero attached hydrogens (tertiary/aromatic N) is 2. The summed E-state index contributed by atoms with van der Waals surface area (Å²) in [5, 5.41) is 21.2. The Morgan fingerprint density at radius 3 is 2.44 bits per heavy atom. The van der Waals surface area contributed by atoms with Crippen molar-refractivity contribution in [1.82, 2.24) is 15.5 Å². The molecule has 0 heterocycles. The molecule has 8 heteroatoms. The molecule has 0 aromatic carbocycles. The largest absolute Gasteiger partial charge is 0.480 e. The maximum absolute atomic E-state index is 11.5. The number of nitriles is 1. The number of hydrogen-bond acceptors (Lipinski definition) is 4. The van der Waals surface area contributed by atoms with Crippen LogP contribution in [0.5, 0.6) is 0 Å². The smallest absolute Gasteiger partial charge is 0.322 e. The van der Waals surface area contributed by atoms with E-state index in [-0.39, 0.29) is 19.0 Å². The van der Waals surface area contributed by atoms with Crippen LogP contribution in [0.25, 0.3) is 0 Å². The van der Waals surface area contributed by atoms with Crippen molar-refractivity contribution < 1.29 is 19.5 Å². The quantitative estimate of drug-likeness (QED) is 0.570. The number of hydrogen-bond donors (Lipinski definition) is 3. The molecule has 0 aromatic heterocycles. The highest BCUT2D eigenvalue weighted by Crippen LogP contribution is 1.99. The molecule has 3 N–H and O–H groups in total. The van der Waals surface area contributed by atoms with Crippen LogP contribution >= 0.6 is 0 Å². The molecule has 1 atom stereocenters. The van der Waals surface area contributed by atoms with E-state index in [1.165, 1.54) is 11.9 Å². The summed E-state index contributed by atoms with van der Waals surface area (Å²) in [6.07, 6.45) is 0.190. The SMILES string of the molecule is CC(CC#N)N(C)C(=O)NCC(=O)NCC(=O)O. The van der Waals surface area contributed by atoms with Crippen LogP contribution in [-0.4, -0.2) is 54.1 Å². The summed E-state index contributed by atoms with van der Waals surface area (Å²) in [5.74, 6) is -1.75. The van der Waals surface area contributed by atoms with E-state index in [2.05, 4.69) is 10.6 Å². The molecule has 0 aliphatic heterocycles. The number of carboxylic acids is 1. The monoisotopic (exact) mass is 256 g/mol. The first-order chi connectivity index (χ1) is 8.38. The van der Waals surface area contributed by atoms with Crippen LogP contribution in [0.2, 0.25) is 0 Å². The molecule has 3 amide bonds. The second kappa shape index (κ2) is 7.89. The minimum atomic E-state index is -1.16. The van der Waals surface area contributed by atoms with Gasteiger partial charge in [-0.3, -0.25) is 9.59 Å². The normalized spacial score (nSPS) is 10.9. The molecule has 0 bridgehead atoms. The lowest BCUT2D eigenvalue weighted by Crippen LogP contribution is -2.46. The second-order valence-corrected chi connectivity index (χ2v) is 3.65. The van der Waals surface area contributed by atoms with Crippen molar-refractivity contribution in [3.8, 4) is 6.07 Å². The zero-order chi connectivity index (χ0) is 14.1. The average molecular weight is 256 g/mol. The molecule has 0 aliphatic carbocycles. The Kier molecular flexibility index (Phi) is 6.88. The fourth-order valence-corrected chi connectivity index (χ4v) is 0.986. The van der Waals surface area contributed by atoms with E-state index in [0.717, 1.165) is 0 Å². The molecule has 0 fully saturated rings. The van der Waals surface area contributed by atoms with Gasteiger partial charge in [0.15, 0.2) is 0 Å². The molecule has 1 unspecified atom stereocenters. The summed E-state index contributed by atoms with van der Waals surface area (Å²) in [7, 11) is 1.51. The van der Waals surface area contributed by atoms with Gasteiger partial charge in [0.05, 0.1) is 19.0 Å². The molecule has 0 radical (unpaired) electrons. The third kappa shape index (κ3) is 6.32. The van der Waals surface area contributed by atoms with Gasteiger partial charge >= 0.3 is 12.0 Å². The van der Waals surface area contributed by atoms with E-state index in [4.69, 9.17) is 10.4 Å². The molecule has 0 rings (SSSR count). The van der Waals surface area contributed by atoms with Crippen LogP contribution in [0.4, 0.5) is 4.79 Å². The Balaban J connectivity index is 3.99. The van der Waals surface area contributed by atoms with Crippen LogP contribution < -0.4 is 10.6 Å². The van der Waals surface area contributed by atoms with E-state index in [1.807, 2.05) is 6.07 Å². The maximum atomic E-state index is 11.5. The Bertz CT molecular complexity index is 363. The summed E-state index contributed by atoms with van der Waals surface area (Å²) in [6.45, 7) is 0.901. The lowest BCUT2D eigenvalue weighted by molar-refractivity contribution is -0.137. The van der Waals surface area contributed by atoms with Crippen molar-refractivity contribution >= 4 is 17.9 Å². The summed E-state index contributed by atoms with van der Waals surface area (Å²) in [4.78, 5) is 34.1. The van der Waals surface area contributed by atoms with Crippen molar-refractivity contribution in [3.63, 3.8) is 0 Å². The van der Waals surface area contributed by atoms with Gasteiger partial charge in [-0.2, -0.15) is 5.26 Å². The first-order valence-electron chi connectivity index (χ1n) is 5.24. The minimum Gasteiger partial charge on any atom is -0.480 e. The van der Waals surface area contributed by atoms with Gasteiger partial charge in [-0.1, -0.05) is 0 Å².